The first kappa shape index (κ1) is 8.64. The molecule has 0 saturated heterocycles. The Morgan fingerprint density at radius 3 is 2.25 bits per heavy atom. The van der Waals surface area contributed by atoms with E-state index in [2.05, 4.69) is 13.8 Å². The SMILES string of the molecule is CCCC(CC)SCl. The molecule has 50 valence electrons. The van der Waals surface area contributed by atoms with Gasteiger partial charge in [-0.15, -0.1) is 0 Å². The van der Waals surface area contributed by atoms with E-state index in [4.69, 9.17) is 10.7 Å². The first-order chi connectivity index (χ1) is 3.85. The van der Waals surface area contributed by atoms with Crippen molar-refractivity contribution in [3.8, 4) is 0 Å². The van der Waals surface area contributed by atoms with Crippen molar-refractivity contribution >= 4 is 21.7 Å². The third-order valence-corrected chi connectivity index (χ3v) is 2.77. The molecule has 0 aromatic carbocycles. The second kappa shape index (κ2) is 5.77. The lowest BCUT2D eigenvalue weighted by atomic mass is 10.2. The molecule has 0 saturated carbocycles. The molecule has 0 aromatic rings. The monoisotopic (exact) mass is 152 g/mol. The summed E-state index contributed by atoms with van der Waals surface area (Å²) in [5.74, 6) is 0. The zero-order valence-corrected chi connectivity index (χ0v) is 7.06. The number of halogens is 1. The summed E-state index contributed by atoms with van der Waals surface area (Å²) in [5, 5.41) is 0.682. The highest BCUT2D eigenvalue weighted by atomic mass is 35.7. The minimum atomic E-state index is 0.682. The Hall–Kier alpha value is 0.640. The fourth-order valence-electron chi connectivity index (χ4n) is 0.634. The van der Waals surface area contributed by atoms with Gasteiger partial charge in [0.1, 0.15) is 0 Å². The topological polar surface area (TPSA) is 0 Å². The molecular formula is C6H13ClS. The predicted octanol–water partition coefficient (Wildman–Crippen LogP) is 3.45. The van der Waals surface area contributed by atoms with Crippen molar-refractivity contribution in [1.82, 2.24) is 0 Å². The normalized spacial score (nSPS) is 13.9. The van der Waals surface area contributed by atoms with Gasteiger partial charge >= 0.3 is 0 Å². The largest absolute Gasteiger partial charge is 0.0653 e. The van der Waals surface area contributed by atoms with Gasteiger partial charge in [0.2, 0.25) is 0 Å². The van der Waals surface area contributed by atoms with E-state index in [0.29, 0.717) is 5.25 Å². The second-order valence-corrected chi connectivity index (χ2v) is 3.29. The summed E-state index contributed by atoms with van der Waals surface area (Å²) in [6.45, 7) is 4.37. The minimum absolute atomic E-state index is 0.682. The molecule has 0 rings (SSSR count). The number of hydrogen-bond acceptors (Lipinski definition) is 1. The lowest BCUT2D eigenvalue weighted by molar-refractivity contribution is 0.723. The molecule has 0 aliphatic heterocycles. The van der Waals surface area contributed by atoms with E-state index < -0.39 is 0 Å². The minimum Gasteiger partial charge on any atom is -0.0653 e. The van der Waals surface area contributed by atoms with Gasteiger partial charge < -0.3 is 0 Å². The molecule has 0 nitrogen and oxygen atoms in total. The predicted molar refractivity (Wildman–Crippen MR) is 42.4 cm³/mol. The average Bonchev–Trinajstić information content (AvgIpc) is 1.83. The molecule has 0 bridgehead atoms. The van der Waals surface area contributed by atoms with E-state index in [1.165, 1.54) is 30.2 Å². The maximum absolute atomic E-state index is 5.56. The van der Waals surface area contributed by atoms with Crippen LogP contribution in [0.2, 0.25) is 0 Å². The Balaban J connectivity index is 3.07. The van der Waals surface area contributed by atoms with Gasteiger partial charge in [-0.25, -0.2) is 0 Å². The van der Waals surface area contributed by atoms with Gasteiger partial charge in [-0.2, -0.15) is 0 Å². The number of hydrogen-bond donors (Lipinski definition) is 0. The van der Waals surface area contributed by atoms with Crippen LogP contribution in [0, 0.1) is 0 Å². The maximum atomic E-state index is 5.56. The van der Waals surface area contributed by atoms with Crippen molar-refractivity contribution in [3.63, 3.8) is 0 Å². The van der Waals surface area contributed by atoms with Gasteiger partial charge in [0.15, 0.2) is 0 Å². The third kappa shape index (κ3) is 3.62. The Morgan fingerprint density at radius 1 is 1.50 bits per heavy atom. The molecule has 0 fully saturated rings. The summed E-state index contributed by atoms with van der Waals surface area (Å²) in [6, 6.07) is 0. The van der Waals surface area contributed by atoms with E-state index in [1.54, 1.807) is 0 Å². The molecular weight excluding hydrogens is 140 g/mol. The fraction of sp³-hybridized carbons (Fsp3) is 1.00. The zero-order valence-electron chi connectivity index (χ0n) is 5.48. The Bertz CT molecular complexity index is 43.8. The molecule has 0 radical (unpaired) electrons. The summed E-state index contributed by atoms with van der Waals surface area (Å²) in [7, 11) is 7.03. The van der Waals surface area contributed by atoms with Crippen LogP contribution < -0.4 is 0 Å². The first-order valence-corrected chi connectivity index (χ1v) is 4.83. The molecule has 1 atom stereocenters. The molecule has 0 aromatic heterocycles. The Kier molecular flexibility index (Phi) is 6.23. The van der Waals surface area contributed by atoms with Crippen molar-refractivity contribution in [1.29, 1.82) is 0 Å². The van der Waals surface area contributed by atoms with Gasteiger partial charge in [0.05, 0.1) is 0 Å². The Morgan fingerprint density at radius 2 is 2.12 bits per heavy atom. The van der Waals surface area contributed by atoms with Crippen molar-refractivity contribution in [3.05, 3.63) is 0 Å². The molecule has 0 spiro atoms. The van der Waals surface area contributed by atoms with Gasteiger partial charge in [0, 0.05) is 5.25 Å². The lowest BCUT2D eigenvalue weighted by Crippen LogP contribution is -1.95. The summed E-state index contributed by atoms with van der Waals surface area (Å²) in [5.41, 5.74) is 0. The van der Waals surface area contributed by atoms with E-state index in [1.807, 2.05) is 0 Å². The summed E-state index contributed by atoms with van der Waals surface area (Å²) < 4.78 is 0. The summed E-state index contributed by atoms with van der Waals surface area (Å²) in [4.78, 5) is 0. The highest BCUT2D eigenvalue weighted by molar-refractivity contribution is 8.21. The smallest absolute Gasteiger partial charge is 0.0196 e. The molecule has 0 aliphatic carbocycles. The second-order valence-electron chi connectivity index (χ2n) is 1.91. The molecule has 0 aliphatic rings. The van der Waals surface area contributed by atoms with Gasteiger partial charge in [-0.1, -0.05) is 31.2 Å². The molecule has 2 heteroatoms. The average molecular weight is 153 g/mol. The molecule has 0 heterocycles. The van der Waals surface area contributed by atoms with E-state index in [-0.39, 0.29) is 0 Å². The van der Waals surface area contributed by atoms with Gasteiger partial charge in [-0.3, -0.25) is 0 Å². The lowest BCUT2D eigenvalue weighted by Gasteiger charge is -2.05. The Labute approximate surface area is 60.5 Å². The van der Waals surface area contributed by atoms with Crippen LogP contribution in [-0.4, -0.2) is 5.25 Å². The van der Waals surface area contributed by atoms with Crippen LogP contribution in [0.1, 0.15) is 33.1 Å². The zero-order chi connectivity index (χ0) is 6.41. The molecule has 8 heavy (non-hydrogen) atoms. The van der Waals surface area contributed by atoms with Crippen LogP contribution in [0.25, 0.3) is 0 Å². The van der Waals surface area contributed by atoms with Crippen LogP contribution in [-0.2, 0) is 0 Å². The van der Waals surface area contributed by atoms with Crippen molar-refractivity contribution in [2.24, 2.45) is 0 Å². The van der Waals surface area contributed by atoms with Crippen molar-refractivity contribution in [2.45, 2.75) is 38.4 Å². The third-order valence-electron chi connectivity index (χ3n) is 1.19. The summed E-state index contributed by atoms with van der Waals surface area (Å²) in [6.07, 6.45) is 3.70. The van der Waals surface area contributed by atoms with E-state index in [0.717, 1.165) is 0 Å². The standard InChI is InChI=1S/C6H13ClS/c1-3-5-6(4-2)8-7/h6H,3-5H2,1-2H3. The van der Waals surface area contributed by atoms with E-state index >= 15 is 0 Å². The van der Waals surface area contributed by atoms with Crippen LogP contribution in [0.15, 0.2) is 0 Å². The van der Waals surface area contributed by atoms with Crippen LogP contribution >= 0.6 is 21.7 Å². The highest BCUT2D eigenvalue weighted by Crippen LogP contribution is 2.22. The first-order valence-electron chi connectivity index (χ1n) is 3.12. The number of rotatable bonds is 4. The molecule has 0 N–H and O–H groups in total. The highest BCUT2D eigenvalue weighted by Gasteiger charge is 2.01. The quantitative estimate of drug-likeness (QED) is 0.595. The molecule has 0 amide bonds. The van der Waals surface area contributed by atoms with Crippen molar-refractivity contribution in [2.75, 3.05) is 0 Å². The van der Waals surface area contributed by atoms with Crippen LogP contribution in [0.4, 0.5) is 0 Å². The van der Waals surface area contributed by atoms with E-state index in [9.17, 15) is 0 Å². The summed E-state index contributed by atoms with van der Waals surface area (Å²) >= 11 is 0. The fourth-order valence-corrected chi connectivity index (χ4v) is 1.73. The molecule has 1 unspecified atom stereocenters. The maximum Gasteiger partial charge on any atom is 0.0196 e. The van der Waals surface area contributed by atoms with Crippen molar-refractivity contribution < 1.29 is 0 Å². The van der Waals surface area contributed by atoms with Crippen LogP contribution in [0.3, 0.4) is 0 Å². The van der Waals surface area contributed by atoms with Gasteiger partial charge in [0.25, 0.3) is 0 Å². The van der Waals surface area contributed by atoms with Crippen LogP contribution in [0.5, 0.6) is 0 Å². The van der Waals surface area contributed by atoms with Gasteiger partial charge in [-0.05, 0) is 23.5 Å².